The molecule has 0 radical (unpaired) electrons. The number of amides is 2. The number of carboxylic acids is 1. The Morgan fingerprint density at radius 3 is 2.60 bits per heavy atom. The molecule has 6 N–H and O–H groups in total. The molecule has 0 bridgehead atoms. The van der Waals surface area contributed by atoms with Crippen molar-refractivity contribution in [2.24, 2.45) is 22.6 Å². The highest BCUT2D eigenvalue weighted by Crippen LogP contribution is 2.52. The Morgan fingerprint density at radius 2 is 2.00 bits per heavy atom. The van der Waals surface area contributed by atoms with Crippen LogP contribution in [0, 0.1) is 11.8 Å². The number of aliphatic carboxylic acids is 1. The largest absolute Gasteiger partial charge is 0.477 e. The first-order valence-corrected chi connectivity index (χ1v) is 14.6. The van der Waals surface area contributed by atoms with E-state index in [2.05, 4.69) is 10.3 Å². The number of nitrogens with two attached hydrogens (primary N) is 1. The minimum atomic E-state index is -1.13. The zero-order chi connectivity index (χ0) is 29.7. The molecule has 0 aliphatic carbocycles. The Labute approximate surface area is 239 Å². The standard InChI is InChI=1S/C24H38N6O6S.C2H6O/c1-12-19-18(13(2)31)23(33)30(19)20(24(34)35)21(12)37-16-7-17(28(4)9-16)22(32)29-6-5-15(8-29)27-11-36-10-26-14(3)25;1-2-3/h12-13,15-19,27,31H,5-11H2,1-4H3,(H2,25,26)(H,34,35);3H,2H2,1H3/t12-,13-,15+,16+,17+,18-,19-;/m1./s1. The molecule has 0 saturated carbocycles. The second kappa shape index (κ2) is 14.1. The lowest BCUT2D eigenvalue weighted by molar-refractivity contribution is -0.163. The molecular formula is C26H44N6O7S. The minimum absolute atomic E-state index is 0.0287. The van der Waals surface area contributed by atoms with Crippen LogP contribution in [0.2, 0.25) is 0 Å². The number of aliphatic hydroxyl groups is 2. The Balaban J connectivity index is 0.00000141. The number of ether oxygens (including phenoxy) is 1. The summed E-state index contributed by atoms with van der Waals surface area (Å²) in [4.78, 5) is 48.0. The van der Waals surface area contributed by atoms with Crippen LogP contribution in [-0.4, -0.2) is 130 Å². The van der Waals surface area contributed by atoms with Crippen LogP contribution in [-0.2, 0) is 19.1 Å². The summed E-state index contributed by atoms with van der Waals surface area (Å²) >= 11 is 1.47. The quantitative estimate of drug-likeness (QED) is 0.0730. The average molecular weight is 585 g/mol. The average Bonchev–Trinajstić information content (AvgIpc) is 3.55. The van der Waals surface area contributed by atoms with E-state index in [9.17, 15) is 24.6 Å². The first-order valence-electron chi connectivity index (χ1n) is 13.8. The van der Waals surface area contributed by atoms with Gasteiger partial charge in [-0.1, -0.05) is 6.92 Å². The summed E-state index contributed by atoms with van der Waals surface area (Å²) in [5.41, 5.74) is 5.52. The monoisotopic (exact) mass is 584 g/mol. The van der Waals surface area contributed by atoms with Crippen LogP contribution in [0.5, 0.6) is 0 Å². The number of carbonyl (C=O) groups excluding carboxylic acids is 2. The number of likely N-dealkylation sites (N-methyl/N-ethyl adjacent to an activating group) is 1. The van der Waals surface area contributed by atoms with Gasteiger partial charge in [-0.25, -0.2) is 9.79 Å². The van der Waals surface area contributed by atoms with Gasteiger partial charge in [0.1, 0.15) is 12.4 Å². The molecular weight excluding hydrogens is 540 g/mol. The van der Waals surface area contributed by atoms with E-state index < -0.39 is 18.0 Å². The third-order valence-electron chi connectivity index (χ3n) is 7.78. The van der Waals surface area contributed by atoms with Crippen molar-refractivity contribution in [3.05, 3.63) is 10.6 Å². The molecule has 0 aromatic carbocycles. The van der Waals surface area contributed by atoms with Crippen molar-refractivity contribution in [2.75, 3.05) is 46.8 Å². The fourth-order valence-corrected chi connectivity index (χ4v) is 7.49. The second-order valence-electron chi connectivity index (χ2n) is 10.8. The molecule has 7 atom stereocenters. The van der Waals surface area contributed by atoms with Gasteiger partial charge in [0.2, 0.25) is 11.8 Å². The van der Waals surface area contributed by atoms with E-state index in [1.54, 1.807) is 20.8 Å². The Kier molecular flexibility index (Phi) is 11.4. The van der Waals surface area contributed by atoms with Gasteiger partial charge in [-0.2, -0.15) is 0 Å². The maximum atomic E-state index is 13.3. The van der Waals surface area contributed by atoms with Crippen LogP contribution in [0.3, 0.4) is 0 Å². The van der Waals surface area contributed by atoms with E-state index in [1.165, 1.54) is 16.7 Å². The highest BCUT2D eigenvalue weighted by atomic mass is 32.2. The molecule has 2 amide bonds. The molecule has 0 unspecified atom stereocenters. The zero-order valence-electron chi connectivity index (χ0n) is 23.9. The number of amidine groups is 1. The van der Waals surface area contributed by atoms with Gasteiger partial charge in [0, 0.05) is 48.4 Å². The van der Waals surface area contributed by atoms with Gasteiger partial charge in [0.05, 0.1) is 36.7 Å². The Morgan fingerprint density at radius 1 is 1.32 bits per heavy atom. The number of aliphatic imine (C=N–C) groups is 1. The number of hydrogen-bond donors (Lipinski definition) is 5. The number of carboxylic acid groups (broad SMARTS) is 1. The van der Waals surface area contributed by atoms with E-state index >= 15 is 0 Å². The smallest absolute Gasteiger partial charge is 0.353 e. The van der Waals surface area contributed by atoms with Crippen LogP contribution < -0.4 is 11.1 Å². The van der Waals surface area contributed by atoms with E-state index in [0.717, 1.165) is 6.42 Å². The van der Waals surface area contributed by atoms with E-state index in [-0.39, 0.29) is 60.1 Å². The maximum Gasteiger partial charge on any atom is 0.353 e. The number of β-lactam (4-membered cyclic amide) rings is 1. The van der Waals surface area contributed by atoms with Crippen molar-refractivity contribution >= 4 is 35.4 Å². The topological polar surface area (TPSA) is 181 Å². The summed E-state index contributed by atoms with van der Waals surface area (Å²) in [5.74, 6) is -1.67. The molecule has 3 fully saturated rings. The number of hydrogen-bond acceptors (Lipinski definition) is 10. The molecule has 0 aromatic rings. The molecule has 14 heteroatoms. The fourth-order valence-electron chi connectivity index (χ4n) is 5.89. The number of rotatable bonds is 10. The van der Waals surface area contributed by atoms with Crippen LogP contribution >= 0.6 is 11.8 Å². The van der Waals surface area contributed by atoms with Crippen molar-refractivity contribution in [1.29, 1.82) is 0 Å². The summed E-state index contributed by atoms with van der Waals surface area (Å²) in [7, 11) is 1.92. The van der Waals surface area contributed by atoms with Gasteiger partial charge in [0.25, 0.3) is 0 Å². The SMILES string of the molecule is CC(N)=NCOCN[C@H]1CCN(C(=O)[C@@H]2C[C@H](SC3=C(C(=O)O)N4C(=O)[C@H]([C@@H](C)O)[C@H]4[C@H]3C)CN2C)C1.CCO. The van der Waals surface area contributed by atoms with Crippen LogP contribution in [0.4, 0.5) is 0 Å². The van der Waals surface area contributed by atoms with Crippen molar-refractivity contribution in [2.45, 2.75) is 70.0 Å². The Hall–Kier alpha value is -2.23. The van der Waals surface area contributed by atoms with Crippen LogP contribution in [0.1, 0.15) is 40.5 Å². The number of nitrogens with zero attached hydrogens (tertiary/aromatic N) is 4. The first kappa shape index (κ1) is 32.3. The molecule has 13 nitrogen and oxygen atoms in total. The molecule has 226 valence electrons. The highest BCUT2D eigenvalue weighted by molar-refractivity contribution is 8.03. The minimum Gasteiger partial charge on any atom is -0.477 e. The van der Waals surface area contributed by atoms with Crippen molar-refractivity contribution < 1.29 is 34.4 Å². The lowest BCUT2D eigenvalue weighted by atomic mass is 9.79. The van der Waals surface area contributed by atoms with Gasteiger partial charge in [-0.3, -0.25) is 19.8 Å². The molecule has 4 aliphatic rings. The number of thioether (sulfide) groups is 1. The molecule has 0 spiro atoms. The van der Waals surface area contributed by atoms with Gasteiger partial charge in [0.15, 0.2) is 0 Å². The molecule has 40 heavy (non-hydrogen) atoms. The molecule has 4 aliphatic heterocycles. The van der Waals surface area contributed by atoms with Gasteiger partial charge < -0.3 is 35.6 Å². The molecule has 4 rings (SSSR count). The maximum absolute atomic E-state index is 13.3. The first-order chi connectivity index (χ1) is 18.9. The predicted octanol–water partition coefficient (Wildman–Crippen LogP) is -0.556. The van der Waals surface area contributed by atoms with Gasteiger partial charge >= 0.3 is 5.97 Å². The van der Waals surface area contributed by atoms with Crippen LogP contribution in [0.25, 0.3) is 0 Å². The van der Waals surface area contributed by atoms with E-state index in [0.29, 0.717) is 43.5 Å². The zero-order valence-corrected chi connectivity index (χ0v) is 24.8. The lowest BCUT2D eigenvalue weighted by Crippen LogP contribution is -2.63. The third-order valence-corrected chi connectivity index (χ3v) is 9.27. The predicted molar refractivity (Wildman–Crippen MR) is 151 cm³/mol. The molecule has 4 heterocycles. The molecule has 3 saturated heterocycles. The lowest BCUT2D eigenvalue weighted by Gasteiger charge is -2.46. The fraction of sp³-hybridized carbons (Fsp3) is 0.769. The van der Waals surface area contributed by atoms with E-state index in [4.69, 9.17) is 15.6 Å². The second-order valence-corrected chi connectivity index (χ2v) is 12.1. The summed E-state index contributed by atoms with van der Waals surface area (Å²) in [6.45, 7) is 9.58. The van der Waals surface area contributed by atoms with Gasteiger partial charge in [-0.15, -0.1) is 11.8 Å². The number of carbonyl (C=O) groups is 3. The summed E-state index contributed by atoms with van der Waals surface area (Å²) in [5, 5.41) is 30.8. The normalized spacial score (nSPS) is 31.2. The van der Waals surface area contributed by atoms with Crippen LogP contribution in [0.15, 0.2) is 15.6 Å². The third kappa shape index (κ3) is 6.97. The Bertz CT molecular complexity index is 1000. The highest BCUT2D eigenvalue weighted by Gasteiger charge is 2.60. The van der Waals surface area contributed by atoms with Crippen molar-refractivity contribution in [3.63, 3.8) is 0 Å². The molecule has 0 aromatic heterocycles. The number of likely N-dealkylation sites (tertiary alicyclic amines) is 2. The number of aliphatic hydroxyl groups excluding tert-OH is 2. The summed E-state index contributed by atoms with van der Waals surface area (Å²) in [6, 6.07) is -0.457. The van der Waals surface area contributed by atoms with Crippen molar-refractivity contribution in [1.82, 2.24) is 20.0 Å². The van der Waals surface area contributed by atoms with Crippen molar-refractivity contribution in [3.8, 4) is 0 Å². The van der Waals surface area contributed by atoms with E-state index in [1.807, 2.05) is 23.8 Å². The number of fused-ring (bicyclic) bond motifs is 1. The summed E-state index contributed by atoms with van der Waals surface area (Å²) in [6.07, 6.45) is 0.616. The number of nitrogens with one attached hydrogen (secondary N) is 1. The summed E-state index contributed by atoms with van der Waals surface area (Å²) < 4.78 is 5.40. The van der Waals surface area contributed by atoms with Gasteiger partial charge in [-0.05, 0) is 40.7 Å².